The van der Waals surface area contributed by atoms with E-state index in [2.05, 4.69) is 15.8 Å². The third kappa shape index (κ3) is 5.80. The Kier molecular flexibility index (Phi) is 7.41. The fourth-order valence-corrected chi connectivity index (χ4v) is 1.52. The van der Waals surface area contributed by atoms with Gasteiger partial charge in [0.2, 0.25) is 11.8 Å². The molecule has 0 aliphatic carbocycles. The molecule has 0 radical (unpaired) electrons. The normalized spacial score (nSPS) is 10.5. The zero-order chi connectivity index (χ0) is 16.4. The van der Waals surface area contributed by atoms with Gasteiger partial charge in [-0.2, -0.15) is 5.10 Å². The van der Waals surface area contributed by atoms with Crippen molar-refractivity contribution in [2.75, 3.05) is 27.4 Å². The Hall–Kier alpha value is -2.61. The molecule has 0 aromatic heterocycles. The molecule has 8 heteroatoms. The maximum atomic E-state index is 11.5. The lowest BCUT2D eigenvalue weighted by Gasteiger charge is -2.05. The van der Waals surface area contributed by atoms with Gasteiger partial charge < -0.3 is 19.9 Å². The highest BCUT2D eigenvalue weighted by Crippen LogP contribution is 2.27. The Morgan fingerprint density at radius 3 is 2.77 bits per heavy atom. The molecule has 0 atom stereocenters. The highest BCUT2D eigenvalue weighted by molar-refractivity contribution is 5.97. The number of rotatable bonds is 8. The molecule has 0 saturated carbocycles. The summed E-state index contributed by atoms with van der Waals surface area (Å²) in [5, 5.41) is 16.0. The van der Waals surface area contributed by atoms with Gasteiger partial charge in [0.1, 0.15) is 6.42 Å². The van der Waals surface area contributed by atoms with Crippen molar-refractivity contribution in [2.45, 2.75) is 6.42 Å². The number of ether oxygens (including phenoxy) is 2. The largest absolute Gasteiger partial charge is 0.504 e. The van der Waals surface area contributed by atoms with Crippen molar-refractivity contribution >= 4 is 18.0 Å². The van der Waals surface area contributed by atoms with Gasteiger partial charge in [0.15, 0.2) is 11.5 Å². The van der Waals surface area contributed by atoms with E-state index in [1.165, 1.54) is 20.4 Å². The molecule has 0 heterocycles. The summed E-state index contributed by atoms with van der Waals surface area (Å²) in [4.78, 5) is 22.8. The van der Waals surface area contributed by atoms with Crippen molar-refractivity contribution in [3.05, 3.63) is 23.8 Å². The van der Waals surface area contributed by atoms with Crippen molar-refractivity contribution in [1.82, 2.24) is 10.7 Å². The van der Waals surface area contributed by atoms with Gasteiger partial charge in [0.05, 0.1) is 19.9 Å². The molecular weight excluding hydrogens is 290 g/mol. The standard InChI is InChI=1S/C14H19N3O5/c1-21-7-6-15-12(18)8-13(19)17-16-9-10-4-3-5-11(22-2)14(10)20/h3-5,9,20H,6-8H2,1-2H3,(H,15,18)(H,17,19)/b16-9-. The third-order valence-electron chi connectivity index (χ3n) is 2.59. The Balaban J connectivity index is 2.45. The number of phenolic OH excluding ortho intramolecular Hbond substituents is 1. The SMILES string of the molecule is COCCNC(=O)CC(=O)N/N=C\c1cccc(OC)c1O. The maximum Gasteiger partial charge on any atom is 0.249 e. The fraction of sp³-hybridized carbons (Fsp3) is 0.357. The van der Waals surface area contributed by atoms with Crippen LogP contribution in [0, 0.1) is 0 Å². The van der Waals surface area contributed by atoms with E-state index in [4.69, 9.17) is 9.47 Å². The van der Waals surface area contributed by atoms with Crippen LogP contribution in [0.1, 0.15) is 12.0 Å². The van der Waals surface area contributed by atoms with Crippen LogP contribution in [-0.2, 0) is 14.3 Å². The van der Waals surface area contributed by atoms with E-state index in [1.807, 2.05) is 0 Å². The van der Waals surface area contributed by atoms with Crippen LogP contribution >= 0.6 is 0 Å². The average Bonchev–Trinajstić information content (AvgIpc) is 2.49. The molecule has 1 aromatic carbocycles. The number of phenols is 1. The van der Waals surface area contributed by atoms with Gasteiger partial charge in [-0.25, -0.2) is 5.43 Å². The molecule has 3 N–H and O–H groups in total. The number of hydrogen-bond acceptors (Lipinski definition) is 6. The summed E-state index contributed by atoms with van der Waals surface area (Å²) in [5.74, 6) is -0.768. The van der Waals surface area contributed by atoms with Crippen molar-refractivity contribution < 1.29 is 24.2 Å². The van der Waals surface area contributed by atoms with Crippen LogP contribution in [0.2, 0.25) is 0 Å². The monoisotopic (exact) mass is 309 g/mol. The van der Waals surface area contributed by atoms with Gasteiger partial charge in [-0.1, -0.05) is 6.07 Å². The smallest absolute Gasteiger partial charge is 0.249 e. The van der Waals surface area contributed by atoms with Crippen LogP contribution in [0.5, 0.6) is 11.5 Å². The number of nitrogens with zero attached hydrogens (tertiary/aromatic N) is 1. The summed E-state index contributed by atoms with van der Waals surface area (Å²) >= 11 is 0. The lowest BCUT2D eigenvalue weighted by Crippen LogP contribution is -2.31. The number of carbonyl (C=O) groups is 2. The van der Waals surface area contributed by atoms with Gasteiger partial charge in [0.25, 0.3) is 0 Å². The quantitative estimate of drug-likeness (QED) is 0.271. The van der Waals surface area contributed by atoms with Crippen molar-refractivity contribution in [3.8, 4) is 11.5 Å². The summed E-state index contributed by atoms with van der Waals surface area (Å²) in [7, 11) is 2.95. The molecule has 1 aromatic rings. The molecular formula is C14H19N3O5. The second-order valence-electron chi connectivity index (χ2n) is 4.21. The molecule has 0 aliphatic heterocycles. The number of benzene rings is 1. The molecule has 0 saturated heterocycles. The zero-order valence-electron chi connectivity index (χ0n) is 12.5. The van der Waals surface area contributed by atoms with E-state index in [-0.39, 0.29) is 12.2 Å². The van der Waals surface area contributed by atoms with Crippen LogP contribution in [0.4, 0.5) is 0 Å². The van der Waals surface area contributed by atoms with Gasteiger partial charge in [-0.05, 0) is 12.1 Å². The van der Waals surface area contributed by atoms with Gasteiger partial charge in [-0.3, -0.25) is 9.59 Å². The first-order valence-corrected chi connectivity index (χ1v) is 6.52. The predicted octanol–water partition coefficient (Wildman–Crippen LogP) is 0.00360. The molecule has 0 unspecified atom stereocenters. The summed E-state index contributed by atoms with van der Waals surface area (Å²) < 4.78 is 9.72. The lowest BCUT2D eigenvalue weighted by atomic mass is 10.2. The van der Waals surface area contributed by atoms with Crippen LogP contribution in [0.25, 0.3) is 0 Å². The number of para-hydroxylation sites is 1. The fourth-order valence-electron chi connectivity index (χ4n) is 1.52. The van der Waals surface area contributed by atoms with Gasteiger partial charge in [0, 0.05) is 19.2 Å². The minimum Gasteiger partial charge on any atom is -0.504 e. The predicted molar refractivity (Wildman–Crippen MR) is 79.9 cm³/mol. The van der Waals surface area contributed by atoms with Gasteiger partial charge in [-0.15, -0.1) is 0 Å². The lowest BCUT2D eigenvalue weighted by molar-refractivity contribution is -0.129. The van der Waals surface area contributed by atoms with E-state index in [0.29, 0.717) is 24.5 Å². The number of hydrazone groups is 1. The molecule has 1 rings (SSSR count). The van der Waals surface area contributed by atoms with Crippen LogP contribution in [-0.4, -0.2) is 50.5 Å². The molecule has 0 spiro atoms. The molecule has 2 amide bonds. The Bertz CT molecular complexity index is 545. The van der Waals surface area contributed by atoms with E-state index in [9.17, 15) is 14.7 Å². The summed E-state index contributed by atoms with van der Waals surface area (Å²) in [6.07, 6.45) is 0.920. The molecule has 0 fully saturated rings. The molecule has 22 heavy (non-hydrogen) atoms. The molecule has 120 valence electrons. The molecule has 8 nitrogen and oxygen atoms in total. The third-order valence-corrected chi connectivity index (χ3v) is 2.59. The second-order valence-corrected chi connectivity index (χ2v) is 4.21. The number of hydrogen-bond donors (Lipinski definition) is 3. The number of aromatic hydroxyl groups is 1. The van der Waals surface area contributed by atoms with Crippen LogP contribution in [0.3, 0.4) is 0 Å². The summed E-state index contributed by atoms with van der Waals surface area (Å²) in [6, 6.07) is 4.87. The highest BCUT2D eigenvalue weighted by atomic mass is 16.5. The first kappa shape index (κ1) is 17.4. The van der Waals surface area contributed by atoms with E-state index in [0.717, 1.165) is 0 Å². The van der Waals surface area contributed by atoms with Crippen LogP contribution in [0.15, 0.2) is 23.3 Å². The minimum atomic E-state index is -0.562. The first-order valence-electron chi connectivity index (χ1n) is 6.52. The minimum absolute atomic E-state index is 0.0830. The Labute approximate surface area is 128 Å². The zero-order valence-corrected chi connectivity index (χ0v) is 12.5. The second kappa shape index (κ2) is 9.35. The average molecular weight is 309 g/mol. The van der Waals surface area contributed by atoms with Crippen LogP contribution < -0.4 is 15.5 Å². The molecule has 0 bridgehead atoms. The summed E-state index contributed by atoms with van der Waals surface area (Å²) in [5.41, 5.74) is 2.58. The maximum absolute atomic E-state index is 11.5. The number of amides is 2. The number of nitrogens with one attached hydrogen (secondary N) is 2. The number of methoxy groups -OCH3 is 2. The molecule has 0 aliphatic rings. The van der Waals surface area contributed by atoms with Crippen molar-refractivity contribution in [1.29, 1.82) is 0 Å². The summed E-state index contributed by atoms with van der Waals surface area (Å²) in [6.45, 7) is 0.712. The first-order chi connectivity index (χ1) is 10.6. The van der Waals surface area contributed by atoms with E-state index in [1.54, 1.807) is 18.2 Å². The van der Waals surface area contributed by atoms with Crippen molar-refractivity contribution in [3.63, 3.8) is 0 Å². The Morgan fingerprint density at radius 2 is 2.09 bits per heavy atom. The van der Waals surface area contributed by atoms with E-state index < -0.39 is 11.8 Å². The topological polar surface area (TPSA) is 109 Å². The van der Waals surface area contributed by atoms with Gasteiger partial charge >= 0.3 is 0 Å². The van der Waals surface area contributed by atoms with Crippen molar-refractivity contribution in [2.24, 2.45) is 5.10 Å². The van der Waals surface area contributed by atoms with E-state index >= 15 is 0 Å². The Morgan fingerprint density at radius 1 is 1.32 bits per heavy atom. The number of carbonyl (C=O) groups excluding carboxylic acids is 2. The highest BCUT2D eigenvalue weighted by Gasteiger charge is 2.08.